The van der Waals surface area contributed by atoms with E-state index >= 15 is 0 Å². The van der Waals surface area contributed by atoms with E-state index in [1.807, 2.05) is 13.0 Å². The third-order valence-electron chi connectivity index (χ3n) is 5.44. The van der Waals surface area contributed by atoms with Gasteiger partial charge in [0.15, 0.2) is 8.32 Å². The maximum absolute atomic E-state index is 11.7. The Bertz CT molecular complexity index is 645. The number of carbonyl (C=O) groups is 1. The molecule has 1 saturated heterocycles. The molecule has 0 radical (unpaired) electrons. The van der Waals surface area contributed by atoms with Crippen molar-refractivity contribution in [3.63, 3.8) is 0 Å². The van der Waals surface area contributed by atoms with Crippen LogP contribution in [0.2, 0.25) is 18.1 Å². The first-order valence-corrected chi connectivity index (χ1v) is 12.0. The van der Waals surface area contributed by atoms with Gasteiger partial charge in [0.1, 0.15) is 12.2 Å². The third kappa shape index (κ3) is 4.63. The van der Waals surface area contributed by atoms with Gasteiger partial charge in [-0.1, -0.05) is 20.8 Å². The maximum atomic E-state index is 11.7. The molecule has 0 aliphatic carbocycles. The molecule has 0 bridgehead atoms. The van der Waals surface area contributed by atoms with Gasteiger partial charge in [-0.15, -0.1) is 0 Å². The molecule has 7 heteroatoms. The summed E-state index contributed by atoms with van der Waals surface area (Å²) >= 11 is 0. The van der Waals surface area contributed by atoms with Crippen molar-refractivity contribution in [1.82, 2.24) is 4.98 Å². The van der Waals surface area contributed by atoms with Crippen molar-refractivity contribution in [2.45, 2.75) is 83.6 Å². The van der Waals surface area contributed by atoms with Crippen molar-refractivity contribution in [2.75, 3.05) is 5.73 Å². The highest BCUT2D eigenvalue weighted by molar-refractivity contribution is 6.74. The van der Waals surface area contributed by atoms with E-state index in [0.29, 0.717) is 12.1 Å². The number of ether oxygens (including phenoxy) is 2. The zero-order valence-electron chi connectivity index (χ0n) is 16.9. The van der Waals surface area contributed by atoms with Crippen LogP contribution in [0.1, 0.15) is 52.7 Å². The van der Waals surface area contributed by atoms with Crippen molar-refractivity contribution in [1.29, 1.82) is 0 Å². The Balaban J connectivity index is 2.27. The summed E-state index contributed by atoms with van der Waals surface area (Å²) in [7, 11) is -2.05. The van der Waals surface area contributed by atoms with Gasteiger partial charge in [-0.05, 0) is 31.1 Å². The van der Waals surface area contributed by atoms with Gasteiger partial charge in [-0.25, -0.2) is 0 Å². The van der Waals surface area contributed by atoms with Gasteiger partial charge in [-0.2, -0.15) is 0 Å². The smallest absolute Gasteiger partial charge is 0.302 e. The molecule has 1 fully saturated rings. The number of anilines is 1. The number of hydrogen-bond acceptors (Lipinski definition) is 6. The van der Waals surface area contributed by atoms with E-state index in [-0.39, 0.29) is 35.4 Å². The van der Waals surface area contributed by atoms with Crippen molar-refractivity contribution < 1.29 is 18.7 Å². The maximum Gasteiger partial charge on any atom is 0.302 e. The second kappa shape index (κ2) is 7.66. The fourth-order valence-corrected chi connectivity index (χ4v) is 4.34. The lowest BCUT2D eigenvalue weighted by molar-refractivity contribution is -0.185. The summed E-state index contributed by atoms with van der Waals surface area (Å²) < 4.78 is 18.5. The van der Waals surface area contributed by atoms with Crippen molar-refractivity contribution in [3.05, 3.63) is 24.0 Å². The number of rotatable bonds is 4. The van der Waals surface area contributed by atoms with Crippen LogP contribution in [0.25, 0.3) is 0 Å². The summed E-state index contributed by atoms with van der Waals surface area (Å²) in [5.74, 6) is -0.311. The number of nitrogens with zero attached hydrogens (tertiary/aromatic N) is 1. The molecule has 2 N–H and O–H groups in total. The summed E-state index contributed by atoms with van der Waals surface area (Å²) in [6, 6.07) is 1.85. The average molecular weight is 381 g/mol. The Morgan fingerprint density at radius 1 is 1.38 bits per heavy atom. The Hall–Kier alpha value is -1.44. The summed E-state index contributed by atoms with van der Waals surface area (Å²) in [6.45, 7) is 14.4. The molecular weight excluding hydrogens is 348 g/mol. The predicted molar refractivity (Wildman–Crippen MR) is 104 cm³/mol. The highest BCUT2D eigenvalue weighted by atomic mass is 28.4. The number of nitrogens with two attached hydrogens (primary N) is 1. The van der Waals surface area contributed by atoms with Crippen LogP contribution in [0.5, 0.6) is 0 Å². The molecule has 6 nitrogen and oxygen atoms in total. The summed E-state index contributed by atoms with van der Waals surface area (Å²) in [4.78, 5) is 15.7. The van der Waals surface area contributed by atoms with E-state index in [4.69, 9.17) is 19.6 Å². The van der Waals surface area contributed by atoms with Crippen LogP contribution in [0.4, 0.5) is 5.69 Å². The third-order valence-corrected chi connectivity index (χ3v) is 9.92. The largest absolute Gasteiger partial charge is 0.460 e. The monoisotopic (exact) mass is 380 g/mol. The first-order valence-electron chi connectivity index (χ1n) is 9.12. The molecule has 0 spiro atoms. The zero-order valence-corrected chi connectivity index (χ0v) is 17.9. The molecule has 1 aromatic rings. The highest BCUT2D eigenvalue weighted by Gasteiger charge is 2.46. The molecule has 26 heavy (non-hydrogen) atoms. The fraction of sp³-hybridized carbons (Fsp3) is 0.684. The number of hydrogen-bond donors (Lipinski definition) is 1. The Kier molecular flexibility index (Phi) is 6.15. The Morgan fingerprint density at radius 2 is 2.04 bits per heavy atom. The zero-order chi connectivity index (χ0) is 19.7. The molecule has 2 heterocycles. The van der Waals surface area contributed by atoms with E-state index in [0.717, 1.165) is 5.56 Å². The predicted octanol–water partition coefficient (Wildman–Crippen LogP) is 3.84. The molecule has 0 saturated carbocycles. The van der Waals surface area contributed by atoms with E-state index < -0.39 is 8.32 Å². The molecule has 0 amide bonds. The number of pyridine rings is 1. The van der Waals surface area contributed by atoms with E-state index in [2.05, 4.69) is 38.8 Å². The molecule has 1 aliphatic rings. The van der Waals surface area contributed by atoms with Crippen LogP contribution in [0.3, 0.4) is 0 Å². The van der Waals surface area contributed by atoms with Gasteiger partial charge in [0.2, 0.25) is 0 Å². The molecule has 0 unspecified atom stereocenters. The summed E-state index contributed by atoms with van der Waals surface area (Å²) in [5.41, 5.74) is 7.51. The quantitative estimate of drug-likeness (QED) is 0.631. The van der Waals surface area contributed by atoms with Gasteiger partial charge in [0.25, 0.3) is 0 Å². The van der Waals surface area contributed by atoms with Crippen LogP contribution in [0.15, 0.2) is 18.5 Å². The SMILES string of the molecule is CC(=O)O[C@@H]1C[C@@H](c2ccncc2N)O[C@H](C)[C@@H]1O[Si](C)(C)C(C)(C)C. The van der Waals surface area contributed by atoms with Crippen LogP contribution in [-0.2, 0) is 18.7 Å². The van der Waals surface area contributed by atoms with Crippen LogP contribution < -0.4 is 5.73 Å². The molecular formula is C19H32N2O4Si. The molecule has 1 aromatic heterocycles. The van der Waals surface area contributed by atoms with Gasteiger partial charge >= 0.3 is 5.97 Å². The van der Waals surface area contributed by atoms with Crippen molar-refractivity contribution in [2.24, 2.45) is 0 Å². The topological polar surface area (TPSA) is 83.7 Å². The van der Waals surface area contributed by atoms with Gasteiger partial charge in [0.05, 0.1) is 24.1 Å². The first-order chi connectivity index (χ1) is 11.9. The van der Waals surface area contributed by atoms with Crippen LogP contribution in [0, 0.1) is 0 Å². The molecule has 146 valence electrons. The molecule has 2 rings (SSSR count). The summed E-state index contributed by atoms with van der Waals surface area (Å²) in [6.07, 6.45) is 2.68. The van der Waals surface area contributed by atoms with E-state index in [9.17, 15) is 4.79 Å². The van der Waals surface area contributed by atoms with Crippen LogP contribution in [-0.4, -0.2) is 37.6 Å². The van der Waals surface area contributed by atoms with Gasteiger partial charge < -0.3 is 19.6 Å². The molecule has 4 atom stereocenters. The second-order valence-corrected chi connectivity index (χ2v) is 13.3. The first kappa shape index (κ1) is 20.9. The average Bonchev–Trinajstić information content (AvgIpc) is 2.49. The lowest BCUT2D eigenvalue weighted by Gasteiger charge is -2.46. The van der Waals surface area contributed by atoms with Gasteiger partial charge in [-0.3, -0.25) is 9.78 Å². The van der Waals surface area contributed by atoms with Gasteiger partial charge in [0, 0.05) is 25.1 Å². The minimum Gasteiger partial charge on any atom is -0.460 e. The second-order valence-electron chi connectivity index (χ2n) is 8.56. The lowest BCUT2D eigenvalue weighted by atomic mass is 9.94. The molecule has 0 aromatic carbocycles. The number of aromatic nitrogens is 1. The Morgan fingerprint density at radius 3 is 2.58 bits per heavy atom. The minimum absolute atomic E-state index is 0.0554. The lowest BCUT2D eigenvalue weighted by Crippen LogP contribution is -2.54. The molecule has 1 aliphatic heterocycles. The normalized spacial score (nSPS) is 27.2. The van der Waals surface area contributed by atoms with Crippen molar-refractivity contribution >= 4 is 20.0 Å². The van der Waals surface area contributed by atoms with E-state index in [1.54, 1.807) is 12.4 Å². The summed E-state index contributed by atoms with van der Waals surface area (Å²) in [5, 5.41) is 0.0554. The standard InChI is InChI=1S/C19H32N2O4Si/c1-12-18(25-26(6,7)19(3,4)5)17(24-13(2)22)10-16(23-12)14-8-9-21-11-15(14)20/h8-9,11-12,16-18H,10,20H2,1-7H3/t12-,16+,17-,18+/m1/s1. The fourth-order valence-electron chi connectivity index (χ4n) is 2.97. The number of esters is 1. The highest BCUT2D eigenvalue weighted by Crippen LogP contribution is 2.42. The Labute approximate surface area is 157 Å². The minimum atomic E-state index is -2.05. The van der Waals surface area contributed by atoms with Crippen molar-refractivity contribution in [3.8, 4) is 0 Å². The van der Waals surface area contributed by atoms with E-state index in [1.165, 1.54) is 6.92 Å². The number of nitrogen functional groups attached to an aromatic ring is 1. The van der Waals surface area contributed by atoms with Crippen LogP contribution >= 0.6 is 0 Å². The number of carbonyl (C=O) groups excluding carboxylic acids is 1.